The highest BCUT2D eigenvalue weighted by molar-refractivity contribution is 4.62. The van der Waals surface area contributed by atoms with Crippen molar-refractivity contribution >= 4 is 0 Å². The minimum absolute atomic E-state index is 0.929. The topological polar surface area (TPSA) is 0 Å². The van der Waals surface area contributed by atoms with Gasteiger partial charge in [-0.25, -0.2) is 0 Å². The molecule has 0 fully saturated rings. The number of unbranched alkanes of at least 4 members (excludes halogenated alkanes) is 2. The van der Waals surface area contributed by atoms with Gasteiger partial charge in [-0.3, -0.25) is 0 Å². The van der Waals surface area contributed by atoms with Crippen LogP contribution in [0.25, 0.3) is 0 Å². The van der Waals surface area contributed by atoms with Gasteiger partial charge in [0, 0.05) is 0 Å². The third-order valence-electron chi connectivity index (χ3n) is 7.57. The number of hydrogen-bond acceptors (Lipinski definition) is 0. The molecule has 0 aromatic rings. The molecule has 0 aliphatic rings. The van der Waals surface area contributed by atoms with Crippen LogP contribution in [-0.4, -0.2) is 0 Å². The average Bonchev–Trinajstić information content (AvgIpc) is 2.68. The van der Waals surface area contributed by atoms with E-state index >= 15 is 0 Å². The fourth-order valence-electron chi connectivity index (χ4n) is 4.78. The molecule has 176 valence electrons. The third kappa shape index (κ3) is 19.7. The van der Waals surface area contributed by atoms with E-state index < -0.39 is 0 Å². The summed E-state index contributed by atoms with van der Waals surface area (Å²) in [5, 5.41) is 0. The van der Waals surface area contributed by atoms with Crippen molar-refractivity contribution in [3.8, 4) is 0 Å². The Morgan fingerprint density at radius 3 is 0.897 bits per heavy atom. The monoisotopic (exact) mass is 408 g/mol. The smallest absolute Gasteiger partial charge is 0.0443 e. The fraction of sp³-hybridized carbons (Fsp3) is 1.00. The second kappa shape index (κ2) is 19.9. The van der Waals surface area contributed by atoms with Crippen LogP contribution in [0.15, 0.2) is 0 Å². The average molecular weight is 409 g/mol. The maximum absolute atomic E-state index is 2.50. The van der Waals surface area contributed by atoms with E-state index in [1.165, 1.54) is 109 Å². The lowest BCUT2D eigenvalue weighted by Gasteiger charge is -2.17. The van der Waals surface area contributed by atoms with Gasteiger partial charge in [-0.15, -0.1) is 0 Å². The molecule has 0 saturated carbocycles. The van der Waals surface area contributed by atoms with Crippen molar-refractivity contribution in [1.82, 2.24) is 0 Å². The largest absolute Gasteiger partial charge is 0.0654 e. The second-order valence-electron chi connectivity index (χ2n) is 11.2. The second-order valence-corrected chi connectivity index (χ2v) is 11.2. The first-order valence-electron chi connectivity index (χ1n) is 13.9. The number of hydrogen-bond donors (Lipinski definition) is 0. The first-order valence-corrected chi connectivity index (χ1v) is 13.9. The molecule has 0 amide bonds. The Morgan fingerprint density at radius 2 is 0.621 bits per heavy atom. The summed E-state index contributed by atoms with van der Waals surface area (Å²) in [6, 6.07) is 0. The molecule has 0 aliphatic carbocycles. The molecule has 0 aliphatic heterocycles. The van der Waals surface area contributed by atoms with Gasteiger partial charge in [0.2, 0.25) is 0 Å². The highest BCUT2D eigenvalue weighted by atomic mass is 14.2. The molecule has 0 N–H and O–H groups in total. The van der Waals surface area contributed by atoms with Gasteiger partial charge in [0.25, 0.3) is 0 Å². The van der Waals surface area contributed by atoms with E-state index in [0.29, 0.717) is 0 Å². The summed E-state index contributed by atoms with van der Waals surface area (Å²) >= 11 is 0. The molecule has 0 saturated heterocycles. The summed E-state index contributed by atoms with van der Waals surface area (Å²) in [5.41, 5.74) is 0. The van der Waals surface area contributed by atoms with Crippen LogP contribution in [0.4, 0.5) is 0 Å². The summed E-state index contributed by atoms with van der Waals surface area (Å²) in [6.07, 6.45) is 24.5. The highest BCUT2D eigenvalue weighted by Crippen LogP contribution is 2.24. The molecule has 0 nitrogen and oxygen atoms in total. The van der Waals surface area contributed by atoms with E-state index in [1.807, 2.05) is 0 Å². The quantitative estimate of drug-likeness (QED) is 0.166. The van der Waals surface area contributed by atoms with Crippen LogP contribution < -0.4 is 0 Å². The zero-order valence-corrected chi connectivity index (χ0v) is 21.9. The molecule has 0 spiro atoms. The first-order chi connectivity index (χ1) is 13.9. The lowest BCUT2D eigenvalue weighted by molar-refractivity contribution is 0.362. The fourth-order valence-corrected chi connectivity index (χ4v) is 4.78. The molecule has 5 atom stereocenters. The maximum atomic E-state index is 2.50. The minimum Gasteiger partial charge on any atom is -0.0654 e. The van der Waals surface area contributed by atoms with Crippen LogP contribution in [0.1, 0.15) is 158 Å². The van der Waals surface area contributed by atoms with Gasteiger partial charge in [0.1, 0.15) is 0 Å². The Labute approximate surface area is 187 Å². The molecular weight excluding hydrogens is 348 g/mol. The Kier molecular flexibility index (Phi) is 19.9. The van der Waals surface area contributed by atoms with E-state index in [-0.39, 0.29) is 0 Å². The Morgan fingerprint density at radius 1 is 0.345 bits per heavy atom. The Hall–Kier alpha value is 0. The van der Waals surface area contributed by atoms with Gasteiger partial charge < -0.3 is 0 Å². The molecule has 0 heterocycles. The lowest BCUT2D eigenvalue weighted by Crippen LogP contribution is -2.02. The molecular formula is C29H60. The van der Waals surface area contributed by atoms with Gasteiger partial charge in [-0.1, -0.05) is 158 Å². The Bertz CT molecular complexity index is 320. The summed E-state index contributed by atoms with van der Waals surface area (Å²) in [5.74, 6) is 4.70. The molecule has 0 aromatic heterocycles. The predicted octanol–water partition coefficient (Wildman–Crippen LogP) is 10.8. The van der Waals surface area contributed by atoms with Gasteiger partial charge in [-0.2, -0.15) is 0 Å². The van der Waals surface area contributed by atoms with Crippen LogP contribution in [0, 0.1) is 29.6 Å². The summed E-state index contributed by atoms with van der Waals surface area (Å²) in [7, 11) is 0. The minimum atomic E-state index is 0.929. The molecule has 5 unspecified atom stereocenters. The van der Waals surface area contributed by atoms with Crippen LogP contribution >= 0.6 is 0 Å². The first kappa shape index (κ1) is 29.0. The standard InChI is InChI=1S/C29H60/c1-8-10-11-16-26(4)19-13-20-28(6)23-15-24-29(7)22-14-21-27(5)18-12-17-25(3)9-2/h25-29H,8-24H2,1-7H3. The maximum Gasteiger partial charge on any atom is -0.0443 e. The molecule has 0 rings (SSSR count). The van der Waals surface area contributed by atoms with Crippen LogP contribution in [0.3, 0.4) is 0 Å². The van der Waals surface area contributed by atoms with Crippen molar-refractivity contribution in [2.75, 3.05) is 0 Å². The molecule has 0 radical (unpaired) electrons. The van der Waals surface area contributed by atoms with Crippen LogP contribution in [0.5, 0.6) is 0 Å². The van der Waals surface area contributed by atoms with Gasteiger partial charge >= 0.3 is 0 Å². The summed E-state index contributed by atoms with van der Waals surface area (Å²) in [4.78, 5) is 0. The zero-order chi connectivity index (χ0) is 21.9. The van der Waals surface area contributed by atoms with Crippen molar-refractivity contribution in [2.45, 2.75) is 158 Å². The van der Waals surface area contributed by atoms with Crippen molar-refractivity contribution in [1.29, 1.82) is 0 Å². The molecule has 29 heavy (non-hydrogen) atoms. The zero-order valence-electron chi connectivity index (χ0n) is 21.9. The normalized spacial score (nSPS) is 17.1. The van der Waals surface area contributed by atoms with Crippen LogP contribution in [-0.2, 0) is 0 Å². The van der Waals surface area contributed by atoms with E-state index in [1.54, 1.807) is 0 Å². The SMILES string of the molecule is CCCCCC(C)CCCC(C)CCCC(C)CCCC(C)CCCC(C)CC. The Balaban J connectivity index is 3.56. The lowest BCUT2D eigenvalue weighted by atomic mass is 9.89. The number of rotatable bonds is 21. The van der Waals surface area contributed by atoms with E-state index in [0.717, 1.165) is 29.6 Å². The highest BCUT2D eigenvalue weighted by Gasteiger charge is 2.09. The predicted molar refractivity (Wildman–Crippen MR) is 136 cm³/mol. The van der Waals surface area contributed by atoms with Gasteiger partial charge in [0.15, 0.2) is 0 Å². The van der Waals surface area contributed by atoms with Gasteiger partial charge in [0.05, 0.1) is 0 Å². The van der Waals surface area contributed by atoms with Crippen molar-refractivity contribution < 1.29 is 0 Å². The van der Waals surface area contributed by atoms with Crippen LogP contribution in [0.2, 0.25) is 0 Å². The molecule has 0 bridgehead atoms. The summed E-state index contributed by atoms with van der Waals surface area (Å²) in [6.45, 7) is 17.0. The van der Waals surface area contributed by atoms with E-state index in [4.69, 9.17) is 0 Å². The molecule has 0 aromatic carbocycles. The van der Waals surface area contributed by atoms with E-state index in [2.05, 4.69) is 48.5 Å². The summed E-state index contributed by atoms with van der Waals surface area (Å²) < 4.78 is 0. The van der Waals surface area contributed by atoms with Gasteiger partial charge in [-0.05, 0) is 29.6 Å². The van der Waals surface area contributed by atoms with E-state index in [9.17, 15) is 0 Å². The van der Waals surface area contributed by atoms with Crippen molar-refractivity contribution in [2.24, 2.45) is 29.6 Å². The van der Waals surface area contributed by atoms with Crippen molar-refractivity contribution in [3.63, 3.8) is 0 Å². The molecule has 0 heteroatoms. The van der Waals surface area contributed by atoms with Crippen molar-refractivity contribution in [3.05, 3.63) is 0 Å². The third-order valence-corrected chi connectivity index (χ3v) is 7.57.